The van der Waals surface area contributed by atoms with Gasteiger partial charge in [0.25, 0.3) is 0 Å². The number of carbonyl (C=O) groups is 1. The summed E-state index contributed by atoms with van der Waals surface area (Å²) in [6, 6.07) is 15.6. The van der Waals surface area contributed by atoms with Crippen molar-refractivity contribution < 1.29 is 4.79 Å². The zero-order valence-electron chi connectivity index (χ0n) is 11.6. The molecule has 0 radical (unpaired) electrons. The number of pyridine rings is 1. The van der Waals surface area contributed by atoms with E-state index in [1.54, 1.807) is 11.9 Å². The van der Waals surface area contributed by atoms with E-state index in [0.29, 0.717) is 5.75 Å². The van der Waals surface area contributed by atoms with Crippen molar-refractivity contribution in [1.82, 2.24) is 9.38 Å². The Hall–Kier alpha value is -2.27. The standard InChI is InChI=1S/C16H15N3OS/c1-18(13-7-3-2-4-8-13)15(20)12-21-16-17-11-14-9-5-6-10-19(14)16/h2-11H,12H2,1H3. The summed E-state index contributed by atoms with van der Waals surface area (Å²) in [6.07, 6.45) is 3.77. The Labute approximate surface area is 127 Å². The average Bonchev–Trinajstić information content (AvgIpc) is 2.96. The van der Waals surface area contributed by atoms with Gasteiger partial charge in [-0.3, -0.25) is 9.20 Å². The van der Waals surface area contributed by atoms with E-state index in [2.05, 4.69) is 4.98 Å². The number of carbonyl (C=O) groups excluding carboxylic acids is 1. The summed E-state index contributed by atoms with van der Waals surface area (Å²) >= 11 is 1.45. The molecule has 0 aliphatic carbocycles. The van der Waals surface area contributed by atoms with Crippen LogP contribution in [0.1, 0.15) is 0 Å². The van der Waals surface area contributed by atoms with Gasteiger partial charge in [0.05, 0.1) is 17.5 Å². The van der Waals surface area contributed by atoms with Gasteiger partial charge in [-0.1, -0.05) is 36.0 Å². The number of amides is 1. The van der Waals surface area contributed by atoms with Gasteiger partial charge in [-0.15, -0.1) is 0 Å². The zero-order valence-corrected chi connectivity index (χ0v) is 12.5. The summed E-state index contributed by atoms with van der Waals surface area (Å²) in [4.78, 5) is 18.3. The molecule has 5 heteroatoms. The van der Waals surface area contributed by atoms with Crippen molar-refractivity contribution in [1.29, 1.82) is 0 Å². The van der Waals surface area contributed by atoms with Crippen LogP contribution in [0.15, 0.2) is 66.1 Å². The number of benzene rings is 1. The number of anilines is 1. The molecule has 2 aromatic heterocycles. The summed E-state index contributed by atoms with van der Waals surface area (Å²) in [5, 5.41) is 0.834. The predicted molar refractivity (Wildman–Crippen MR) is 85.8 cm³/mol. The van der Waals surface area contributed by atoms with Gasteiger partial charge in [0, 0.05) is 18.9 Å². The van der Waals surface area contributed by atoms with E-state index < -0.39 is 0 Å². The maximum Gasteiger partial charge on any atom is 0.237 e. The molecule has 0 unspecified atom stereocenters. The zero-order chi connectivity index (χ0) is 14.7. The van der Waals surface area contributed by atoms with Crippen LogP contribution >= 0.6 is 11.8 Å². The second-order valence-corrected chi connectivity index (χ2v) is 5.56. The molecule has 0 atom stereocenters. The van der Waals surface area contributed by atoms with Gasteiger partial charge in [0.1, 0.15) is 0 Å². The molecular formula is C16H15N3OS. The highest BCUT2D eigenvalue weighted by Gasteiger charge is 2.12. The lowest BCUT2D eigenvalue weighted by atomic mass is 10.3. The van der Waals surface area contributed by atoms with E-state index in [-0.39, 0.29) is 5.91 Å². The third-order valence-electron chi connectivity index (χ3n) is 3.25. The van der Waals surface area contributed by atoms with Gasteiger partial charge in [0.2, 0.25) is 5.91 Å². The molecule has 4 nitrogen and oxygen atoms in total. The highest BCUT2D eigenvalue weighted by Crippen LogP contribution is 2.20. The van der Waals surface area contributed by atoms with E-state index >= 15 is 0 Å². The number of hydrogen-bond donors (Lipinski definition) is 0. The summed E-state index contributed by atoms with van der Waals surface area (Å²) in [6.45, 7) is 0. The number of thioether (sulfide) groups is 1. The fourth-order valence-corrected chi connectivity index (χ4v) is 2.92. The van der Waals surface area contributed by atoms with Gasteiger partial charge in [-0.05, 0) is 24.3 Å². The van der Waals surface area contributed by atoms with Gasteiger partial charge >= 0.3 is 0 Å². The minimum Gasteiger partial charge on any atom is -0.315 e. The maximum atomic E-state index is 12.2. The van der Waals surface area contributed by atoms with Gasteiger partial charge < -0.3 is 4.90 Å². The van der Waals surface area contributed by atoms with E-state index in [1.165, 1.54) is 11.8 Å². The molecule has 0 aliphatic rings. The minimum atomic E-state index is 0.0545. The van der Waals surface area contributed by atoms with Crippen LogP contribution in [0.4, 0.5) is 5.69 Å². The van der Waals surface area contributed by atoms with Crippen LogP contribution < -0.4 is 4.90 Å². The first-order chi connectivity index (χ1) is 10.3. The number of rotatable bonds is 4. The van der Waals surface area contributed by atoms with Crippen molar-refractivity contribution in [3.05, 3.63) is 60.9 Å². The van der Waals surface area contributed by atoms with E-state index in [1.807, 2.05) is 65.3 Å². The van der Waals surface area contributed by atoms with Gasteiger partial charge in [0.15, 0.2) is 5.16 Å². The molecule has 0 fully saturated rings. The molecule has 0 saturated heterocycles. The largest absolute Gasteiger partial charge is 0.315 e. The van der Waals surface area contributed by atoms with Crippen molar-refractivity contribution in [3.8, 4) is 0 Å². The van der Waals surface area contributed by atoms with Crippen LogP contribution in [-0.2, 0) is 4.79 Å². The van der Waals surface area contributed by atoms with Crippen LogP contribution in [-0.4, -0.2) is 28.1 Å². The van der Waals surface area contributed by atoms with Crippen molar-refractivity contribution in [2.75, 3.05) is 17.7 Å². The molecule has 0 bridgehead atoms. The Kier molecular flexibility index (Phi) is 3.92. The molecule has 0 aliphatic heterocycles. The minimum absolute atomic E-state index is 0.0545. The number of para-hydroxylation sites is 1. The van der Waals surface area contributed by atoms with Crippen LogP contribution in [0.2, 0.25) is 0 Å². The smallest absolute Gasteiger partial charge is 0.237 e. The number of fused-ring (bicyclic) bond motifs is 1. The first-order valence-corrected chi connectivity index (χ1v) is 7.61. The second kappa shape index (κ2) is 6.01. The third-order valence-corrected chi connectivity index (χ3v) is 4.20. The third kappa shape index (κ3) is 2.92. The van der Waals surface area contributed by atoms with Crippen LogP contribution in [0.3, 0.4) is 0 Å². The summed E-state index contributed by atoms with van der Waals surface area (Å²) in [5.74, 6) is 0.415. The topological polar surface area (TPSA) is 37.6 Å². The lowest BCUT2D eigenvalue weighted by molar-refractivity contribution is -0.115. The summed E-state index contributed by atoms with van der Waals surface area (Å²) < 4.78 is 1.99. The molecule has 0 N–H and O–H groups in total. The SMILES string of the molecule is CN(C(=O)CSc1ncc2ccccn12)c1ccccc1. The average molecular weight is 297 g/mol. The lowest BCUT2D eigenvalue weighted by Crippen LogP contribution is -2.27. The Bertz CT molecular complexity index is 754. The molecule has 3 aromatic rings. The first-order valence-electron chi connectivity index (χ1n) is 6.62. The lowest BCUT2D eigenvalue weighted by Gasteiger charge is -2.16. The molecule has 0 saturated carbocycles. The monoisotopic (exact) mass is 297 g/mol. The van der Waals surface area contributed by atoms with Gasteiger partial charge in [-0.2, -0.15) is 0 Å². The maximum absolute atomic E-state index is 12.2. The van der Waals surface area contributed by atoms with Crippen LogP contribution in [0.5, 0.6) is 0 Å². The highest BCUT2D eigenvalue weighted by molar-refractivity contribution is 7.99. The van der Waals surface area contributed by atoms with Crippen molar-refractivity contribution in [3.63, 3.8) is 0 Å². The Morgan fingerprint density at radius 2 is 1.95 bits per heavy atom. The van der Waals surface area contributed by atoms with E-state index in [0.717, 1.165) is 16.4 Å². The van der Waals surface area contributed by atoms with Crippen molar-refractivity contribution >= 4 is 28.9 Å². The van der Waals surface area contributed by atoms with Crippen LogP contribution in [0.25, 0.3) is 5.52 Å². The van der Waals surface area contributed by atoms with Gasteiger partial charge in [-0.25, -0.2) is 4.98 Å². The highest BCUT2D eigenvalue weighted by atomic mass is 32.2. The number of imidazole rings is 1. The van der Waals surface area contributed by atoms with E-state index in [9.17, 15) is 4.79 Å². The Morgan fingerprint density at radius 1 is 1.19 bits per heavy atom. The summed E-state index contributed by atoms with van der Waals surface area (Å²) in [5.41, 5.74) is 1.93. The molecule has 1 amide bonds. The van der Waals surface area contributed by atoms with Crippen LogP contribution in [0, 0.1) is 0 Å². The molecule has 0 spiro atoms. The van der Waals surface area contributed by atoms with Crippen molar-refractivity contribution in [2.24, 2.45) is 0 Å². The molecule has 1 aromatic carbocycles. The Morgan fingerprint density at radius 3 is 2.76 bits per heavy atom. The van der Waals surface area contributed by atoms with E-state index in [4.69, 9.17) is 0 Å². The number of nitrogens with zero attached hydrogens (tertiary/aromatic N) is 3. The second-order valence-electron chi connectivity index (χ2n) is 4.61. The summed E-state index contributed by atoms with van der Waals surface area (Å²) in [7, 11) is 1.79. The molecule has 2 heterocycles. The molecule has 21 heavy (non-hydrogen) atoms. The molecular weight excluding hydrogens is 282 g/mol. The quantitative estimate of drug-likeness (QED) is 0.695. The fourth-order valence-electron chi connectivity index (χ4n) is 2.04. The number of aromatic nitrogens is 2. The molecule has 106 valence electrons. The first kappa shape index (κ1) is 13.7. The van der Waals surface area contributed by atoms with Crippen molar-refractivity contribution in [2.45, 2.75) is 5.16 Å². The Balaban J connectivity index is 1.69. The fraction of sp³-hybridized carbons (Fsp3) is 0.125. The number of hydrogen-bond acceptors (Lipinski definition) is 3. The molecule has 3 rings (SSSR count). The normalized spacial score (nSPS) is 10.7. The predicted octanol–water partition coefficient (Wildman–Crippen LogP) is 3.09.